The fourth-order valence-corrected chi connectivity index (χ4v) is 4.65. The van der Waals surface area contributed by atoms with Gasteiger partial charge >= 0.3 is 6.09 Å². The molecule has 0 aromatic rings. The second-order valence-electron chi connectivity index (χ2n) is 9.83. The number of methoxy groups -OCH3 is 2. The fraction of sp³-hybridized carbons (Fsp3) is 0.500. The first-order chi connectivity index (χ1) is 18.3. The van der Waals surface area contributed by atoms with Crippen LogP contribution in [0.3, 0.4) is 0 Å². The van der Waals surface area contributed by atoms with Gasteiger partial charge in [-0.2, -0.15) is 0 Å². The first-order valence-electron chi connectivity index (χ1n) is 12.5. The van der Waals surface area contributed by atoms with E-state index in [1.807, 2.05) is 0 Å². The van der Waals surface area contributed by atoms with Gasteiger partial charge in [-0.15, -0.1) is 0 Å². The van der Waals surface area contributed by atoms with Crippen LogP contribution >= 0.6 is 0 Å². The maximum Gasteiger partial charge on any atom is 0.405 e. The molecule has 2 amide bonds. The summed E-state index contributed by atoms with van der Waals surface area (Å²) >= 11 is 0. The zero-order valence-corrected chi connectivity index (χ0v) is 33.2. The number of carbonyl (C=O) groups excluding carboxylic acids is 4. The smallest absolute Gasteiger partial charge is 0.405 e. The van der Waals surface area contributed by atoms with E-state index in [9.17, 15) is 29.4 Å². The molecule has 0 saturated carbocycles. The molecule has 13 heteroatoms. The summed E-state index contributed by atoms with van der Waals surface area (Å²) in [4.78, 5) is 50.1. The van der Waals surface area contributed by atoms with Gasteiger partial charge in [0.05, 0.1) is 24.0 Å². The van der Waals surface area contributed by atoms with Crippen molar-refractivity contribution < 1.29 is 64.0 Å². The van der Waals surface area contributed by atoms with E-state index in [0.717, 1.165) is 12.2 Å². The average Bonchev–Trinajstić information content (AvgIpc) is 2.86. The van der Waals surface area contributed by atoms with E-state index in [1.54, 1.807) is 32.9 Å². The van der Waals surface area contributed by atoms with Crippen LogP contribution in [0.2, 0.25) is 0 Å². The third-order valence-corrected chi connectivity index (χ3v) is 6.76. The zero-order chi connectivity index (χ0) is 29.4. The summed E-state index contributed by atoms with van der Waals surface area (Å²) in [7, 11) is 2.77. The number of hydrogen-bond acceptors (Lipinski definition) is 9. The number of aliphatic hydroxyl groups excluding tert-OH is 2. The SMILES string of the molecule is CO[C@H]1/C=C\C=C(/C)C(=O)NC2=CC(=O)C=C(C2=O)[C@H](OC)[C@@H](C)C[C@H](O)[C@H](O)[C@@H](C)/C=C(\C)[C@@H]1OC(N)=O.[Re].[Rf]. The molecule has 0 aromatic carbocycles. The zero-order valence-electron chi connectivity index (χ0n) is 24.1. The summed E-state index contributed by atoms with van der Waals surface area (Å²) in [6.45, 7) is 6.59. The van der Waals surface area contributed by atoms with Crippen molar-refractivity contribution in [3.63, 3.8) is 0 Å². The molecule has 1 aliphatic carbocycles. The number of ether oxygens (including phenoxy) is 3. The number of rotatable bonds is 3. The van der Waals surface area contributed by atoms with E-state index in [-0.39, 0.29) is 43.7 Å². The van der Waals surface area contributed by atoms with Gasteiger partial charge in [0.15, 0.2) is 11.9 Å². The number of fused-ring (bicyclic) bond motifs is 2. The number of amides is 2. The maximum atomic E-state index is 13.2. The Hall–Kier alpha value is -3.72. The first-order valence-corrected chi connectivity index (χ1v) is 12.5. The number of Topliss-reactive ketones (excluding diaryl/α,β-unsaturated/α-hetero) is 1. The van der Waals surface area contributed by atoms with Gasteiger partial charge < -0.3 is 35.5 Å². The van der Waals surface area contributed by atoms with Gasteiger partial charge in [0.1, 0.15) is 6.10 Å². The molecule has 2 bridgehead atoms. The summed E-state index contributed by atoms with van der Waals surface area (Å²) in [5.41, 5.74) is 5.84. The van der Waals surface area contributed by atoms with Crippen LogP contribution in [0.25, 0.3) is 0 Å². The minimum absolute atomic E-state index is 0. The Kier molecular flexibility index (Phi) is 15.0. The van der Waals surface area contributed by atoms with Gasteiger partial charge in [-0.05, 0) is 37.8 Å². The van der Waals surface area contributed by atoms with Gasteiger partial charge in [-0.25, -0.2) is 4.79 Å². The second-order valence-corrected chi connectivity index (χ2v) is 9.83. The largest absolute Gasteiger partial charge is 0.439 e. The number of carbonyl (C=O) groups is 4. The van der Waals surface area contributed by atoms with Crippen molar-refractivity contribution in [2.45, 2.75) is 64.6 Å². The molecule has 223 valence electrons. The van der Waals surface area contributed by atoms with Crippen LogP contribution in [-0.2, 0) is 49.0 Å². The van der Waals surface area contributed by atoms with Crippen molar-refractivity contribution in [1.82, 2.24) is 5.32 Å². The molecule has 1 aliphatic heterocycles. The van der Waals surface area contributed by atoms with Crippen LogP contribution in [0.15, 0.2) is 58.9 Å². The Morgan fingerprint density at radius 2 is 1.68 bits per heavy atom. The molecule has 5 N–H and O–H groups in total. The van der Waals surface area contributed by atoms with Crippen molar-refractivity contribution in [2.24, 2.45) is 17.6 Å². The predicted molar refractivity (Wildman–Crippen MR) is 142 cm³/mol. The molecule has 11 nitrogen and oxygen atoms in total. The Morgan fingerprint density at radius 3 is 2.24 bits per heavy atom. The molecule has 1 heterocycles. The molecule has 0 spiro atoms. The molecule has 0 aromatic heterocycles. The second kappa shape index (κ2) is 16.5. The van der Waals surface area contributed by atoms with Crippen molar-refractivity contribution >= 4 is 23.6 Å². The molecular weight excluding hydrogens is 962 g/mol. The van der Waals surface area contributed by atoms with Gasteiger partial charge in [0.25, 0.3) is 5.91 Å². The molecule has 1 radical (unpaired) electrons. The Morgan fingerprint density at radius 1 is 1.05 bits per heavy atom. The molecule has 0 unspecified atom stereocenters. The number of allylic oxidation sites excluding steroid dienone is 5. The maximum absolute atomic E-state index is 13.2. The predicted octanol–water partition coefficient (Wildman–Crippen LogP) is 1.40. The molecule has 7 atom stereocenters. The van der Waals surface area contributed by atoms with E-state index in [4.69, 9.17) is 19.9 Å². The van der Waals surface area contributed by atoms with Crippen molar-refractivity contribution in [3.05, 3.63) is 58.9 Å². The minimum Gasteiger partial charge on any atom is -0.439 e. The molecule has 2 rings (SSSR count). The third kappa shape index (κ3) is 9.71. The van der Waals surface area contributed by atoms with E-state index in [2.05, 4.69) is 5.32 Å². The number of nitrogens with one attached hydrogen (secondary N) is 1. The first kappa shape index (κ1) is 37.3. The van der Waals surface area contributed by atoms with E-state index < -0.39 is 65.9 Å². The molecule has 0 fully saturated rings. The fourth-order valence-electron chi connectivity index (χ4n) is 4.65. The summed E-state index contributed by atoms with van der Waals surface area (Å²) in [5, 5.41) is 24.2. The van der Waals surface area contributed by atoms with E-state index in [0.29, 0.717) is 5.57 Å². The van der Waals surface area contributed by atoms with Gasteiger partial charge in [-0.3, -0.25) is 14.4 Å². The number of hydrogen-bond donors (Lipinski definition) is 4. The van der Waals surface area contributed by atoms with Crippen molar-refractivity contribution in [2.75, 3.05) is 14.2 Å². The van der Waals surface area contributed by atoms with Crippen molar-refractivity contribution in [3.8, 4) is 0 Å². The van der Waals surface area contributed by atoms with E-state index >= 15 is 0 Å². The average molecular weight is 1000 g/mol. The van der Waals surface area contributed by atoms with Crippen LogP contribution in [0.4, 0.5) is 4.79 Å². The number of ketones is 2. The van der Waals surface area contributed by atoms with E-state index in [1.165, 1.54) is 33.3 Å². The van der Waals surface area contributed by atoms with Gasteiger partial charge in [0, 0.05) is 57.8 Å². The summed E-state index contributed by atoms with van der Waals surface area (Å²) in [5.74, 6) is -2.80. The van der Waals surface area contributed by atoms with Crippen LogP contribution < -0.4 is 11.1 Å². The quantitative estimate of drug-likeness (QED) is 0.241. The third-order valence-electron chi connectivity index (χ3n) is 6.76. The molecular formula is C28H38N2O9ReRf. The normalized spacial score (nSPS) is 33.3. The topological polar surface area (TPSA) is 174 Å². The summed E-state index contributed by atoms with van der Waals surface area (Å²) in [6.07, 6.45) is 2.21. The summed E-state index contributed by atoms with van der Waals surface area (Å²) < 4.78 is 16.3. The number of aliphatic hydroxyl groups is 2. The Labute approximate surface area is 247 Å². The van der Waals surface area contributed by atoms with Crippen LogP contribution in [0.1, 0.15) is 34.1 Å². The monoisotopic (exact) mass is 1000 g/mol. The van der Waals surface area contributed by atoms with Crippen LogP contribution in [0.5, 0.6) is 0 Å². The molecule has 41 heavy (non-hydrogen) atoms. The Balaban J connectivity index is 0.00000800. The van der Waals surface area contributed by atoms with Crippen molar-refractivity contribution in [1.29, 1.82) is 0 Å². The standard InChI is InChI=1S/C28H38N2O9.Re.Rf/c1-14-8-7-9-22(37-5)26(39-28(29)36)16(3)10-15(2)23(33)21(32)11-17(4)25(38-6)19-12-18(31)13-20(24(19)34)30-27(14)35;;/h7-10,12-13,15,17,21-23,25-26,32-33H,11H2,1-6H3,(H2,29,36)(H,30,35);;/b9-7-,14-8+,16-10+;;/t15-,17-,21-,22-,23+,25+,26-;;/m0../s1. The summed E-state index contributed by atoms with van der Waals surface area (Å²) in [6, 6.07) is 0. The Bertz CT molecular complexity index is 1130. The van der Waals surface area contributed by atoms with Gasteiger partial charge in [0.2, 0.25) is 5.78 Å². The van der Waals surface area contributed by atoms with Crippen LogP contribution in [-0.4, -0.2) is 78.5 Å². The minimum atomic E-state index is -1.23. The number of primary amides is 1. The number of nitrogens with two attached hydrogens (primary N) is 1. The molecule has 0 saturated heterocycles. The van der Waals surface area contributed by atoms with Crippen LogP contribution in [0, 0.1) is 11.8 Å². The molecule has 2 aliphatic rings. The van der Waals surface area contributed by atoms with Gasteiger partial charge in [-0.1, -0.05) is 38.2 Å².